The van der Waals surface area contributed by atoms with Crippen molar-refractivity contribution in [1.82, 2.24) is 9.80 Å². The van der Waals surface area contributed by atoms with E-state index in [2.05, 4.69) is 59.5 Å². The average molecular weight is 318 g/mol. The number of rotatable bonds is 2. The molecule has 2 aliphatic rings. The molecule has 2 aromatic carbocycles. The molecule has 4 rings (SSSR count). The number of likely N-dealkylation sites (tertiary alicyclic amines) is 1. The highest BCUT2D eigenvalue weighted by atomic mass is 16.1. The SMILES string of the molecule is CN1C=C(c2cccc3ccccc23)C(N2CCCCC2)C1=C=O. The fourth-order valence-corrected chi connectivity index (χ4v) is 4.06. The van der Waals surface area contributed by atoms with E-state index in [1.54, 1.807) is 0 Å². The van der Waals surface area contributed by atoms with Crippen molar-refractivity contribution in [2.45, 2.75) is 25.3 Å². The van der Waals surface area contributed by atoms with Crippen molar-refractivity contribution in [2.24, 2.45) is 0 Å². The first-order chi connectivity index (χ1) is 11.8. The summed E-state index contributed by atoms with van der Waals surface area (Å²) in [6.07, 6.45) is 5.80. The Morgan fingerprint density at radius 1 is 1.00 bits per heavy atom. The predicted molar refractivity (Wildman–Crippen MR) is 98.1 cm³/mol. The van der Waals surface area contributed by atoms with Crippen LogP contribution in [0, 0.1) is 0 Å². The summed E-state index contributed by atoms with van der Waals surface area (Å²) >= 11 is 0. The Labute approximate surface area is 142 Å². The van der Waals surface area contributed by atoms with Crippen LogP contribution in [0.5, 0.6) is 0 Å². The monoisotopic (exact) mass is 318 g/mol. The summed E-state index contributed by atoms with van der Waals surface area (Å²) in [4.78, 5) is 16.0. The van der Waals surface area contributed by atoms with Crippen molar-refractivity contribution in [3.8, 4) is 0 Å². The standard InChI is InChI=1S/C21H22N2O/c1-22-14-19(18-11-7-9-16-8-3-4-10-17(16)18)21(20(22)15-24)23-12-5-2-6-13-23/h3-4,7-11,14,21H,2,5-6,12-13H2,1H3. The van der Waals surface area contributed by atoms with Crippen LogP contribution in [-0.2, 0) is 4.79 Å². The van der Waals surface area contributed by atoms with Crippen molar-refractivity contribution in [3.05, 3.63) is 59.9 Å². The number of carbonyl (C=O) groups excluding carboxylic acids is 1. The molecule has 1 saturated heterocycles. The molecule has 0 radical (unpaired) electrons. The van der Waals surface area contributed by atoms with Gasteiger partial charge in [0.05, 0.1) is 6.04 Å². The molecule has 24 heavy (non-hydrogen) atoms. The molecule has 1 unspecified atom stereocenters. The summed E-state index contributed by atoms with van der Waals surface area (Å²) in [7, 11) is 1.95. The van der Waals surface area contributed by atoms with Gasteiger partial charge in [0, 0.05) is 18.8 Å². The topological polar surface area (TPSA) is 23.6 Å². The zero-order valence-corrected chi connectivity index (χ0v) is 14.0. The summed E-state index contributed by atoms with van der Waals surface area (Å²) in [5.41, 5.74) is 3.18. The van der Waals surface area contributed by atoms with Crippen molar-refractivity contribution >= 4 is 22.3 Å². The van der Waals surface area contributed by atoms with E-state index >= 15 is 0 Å². The Morgan fingerprint density at radius 3 is 2.54 bits per heavy atom. The minimum Gasteiger partial charge on any atom is -0.343 e. The fraction of sp³-hybridized carbons (Fsp3) is 0.333. The number of likely N-dealkylation sites (N-methyl/N-ethyl adjacent to an activating group) is 1. The highest BCUT2D eigenvalue weighted by molar-refractivity contribution is 5.96. The van der Waals surface area contributed by atoms with Gasteiger partial charge in [-0.1, -0.05) is 48.9 Å². The van der Waals surface area contributed by atoms with Crippen LogP contribution in [-0.4, -0.2) is 41.9 Å². The van der Waals surface area contributed by atoms with Crippen molar-refractivity contribution in [2.75, 3.05) is 20.1 Å². The first-order valence-electron chi connectivity index (χ1n) is 8.71. The van der Waals surface area contributed by atoms with Gasteiger partial charge in [-0.15, -0.1) is 0 Å². The molecule has 1 atom stereocenters. The molecule has 0 saturated carbocycles. The molecule has 0 bridgehead atoms. The van der Waals surface area contributed by atoms with Gasteiger partial charge < -0.3 is 4.90 Å². The molecule has 0 spiro atoms. The molecule has 0 N–H and O–H groups in total. The lowest BCUT2D eigenvalue weighted by Gasteiger charge is -2.34. The molecule has 0 aliphatic carbocycles. The fourth-order valence-electron chi connectivity index (χ4n) is 4.06. The van der Waals surface area contributed by atoms with E-state index in [4.69, 9.17) is 0 Å². The predicted octanol–water partition coefficient (Wildman–Crippen LogP) is 3.70. The third-order valence-electron chi connectivity index (χ3n) is 5.23. The van der Waals surface area contributed by atoms with Crippen LogP contribution >= 0.6 is 0 Å². The van der Waals surface area contributed by atoms with Crippen LogP contribution < -0.4 is 0 Å². The van der Waals surface area contributed by atoms with E-state index in [1.165, 1.54) is 41.2 Å². The van der Waals surface area contributed by atoms with Crippen LogP contribution in [0.1, 0.15) is 24.8 Å². The number of hydrogen-bond donors (Lipinski definition) is 0. The van der Waals surface area contributed by atoms with Crippen molar-refractivity contribution in [1.29, 1.82) is 0 Å². The summed E-state index contributed by atoms with van der Waals surface area (Å²) in [5, 5.41) is 2.48. The number of piperidine rings is 1. The van der Waals surface area contributed by atoms with Gasteiger partial charge in [0.1, 0.15) is 11.6 Å². The Balaban J connectivity index is 1.84. The van der Waals surface area contributed by atoms with Crippen LogP contribution in [0.4, 0.5) is 0 Å². The molecule has 3 nitrogen and oxygen atoms in total. The van der Waals surface area contributed by atoms with Crippen LogP contribution in [0.3, 0.4) is 0 Å². The first kappa shape index (κ1) is 15.2. The minimum atomic E-state index is 0.0265. The molecule has 122 valence electrons. The van der Waals surface area contributed by atoms with Gasteiger partial charge in [-0.2, -0.15) is 0 Å². The van der Waals surface area contributed by atoms with Gasteiger partial charge in [-0.25, -0.2) is 4.79 Å². The number of nitrogens with zero attached hydrogens (tertiary/aromatic N) is 2. The van der Waals surface area contributed by atoms with E-state index in [1.807, 2.05) is 11.9 Å². The van der Waals surface area contributed by atoms with E-state index in [0.717, 1.165) is 18.8 Å². The Kier molecular flexibility index (Phi) is 3.97. The summed E-state index contributed by atoms with van der Waals surface area (Å²) in [6.45, 7) is 2.09. The summed E-state index contributed by atoms with van der Waals surface area (Å²) in [5.74, 6) is 2.21. The van der Waals surface area contributed by atoms with E-state index in [-0.39, 0.29) is 6.04 Å². The van der Waals surface area contributed by atoms with E-state index in [0.29, 0.717) is 0 Å². The highest BCUT2D eigenvalue weighted by Crippen LogP contribution is 2.38. The second-order valence-electron chi connectivity index (χ2n) is 6.71. The first-order valence-corrected chi connectivity index (χ1v) is 8.71. The molecule has 0 amide bonds. The van der Waals surface area contributed by atoms with E-state index < -0.39 is 0 Å². The third-order valence-corrected chi connectivity index (χ3v) is 5.23. The lowest BCUT2D eigenvalue weighted by Crippen LogP contribution is -2.41. The largest absolute Gasteiger partial charge is 0.343 e. The molecule has 2 heterocycles. The number of hydrogen-bond acceptors (Lipinski definition) is 3. The zero-order chi connectivity index (χ0) is 16.5. The van der Waals surface area contributed by atoms with Crippen LogP contribution in [0.25, 0.3) is 16.3 Å². The minimum absolute atomic E-state index is 0.0265. The highest BCUT2D eigenvalue weighted by Gasteiger charge is 2.36. The summed E-state index contributed by atoms with van der Waals surface area (Å²) in [6, 6.07) is 14.9. The summed E-state index contributed by atoms with van der Waals surface area (Å²) < 4.78 is 0. The molecule has 3 heteroatoms. The van der Waals surface area contributed by atoms with Gasteiger partial charge >= 0.3 is 0 Å². The number of fused-ring (bicyclic) bond motifs is 1. The average Bonchev–Trinajstić information content (AvgIpc) is 2.98. The van der Waals surface area contributed by atoms with Gasteiger partial charge in [0.2, 0.25) is 0 Å². The van der Waals surface area contributed by atoms with Gasteiger partial charge in [0.25, 0.3) is 0 Å². The van der Waals surface area contributed by atoms with Crippen molar-refractivity contribution < 1.29 is 4.79 Å². The quantitative estimate of drug-likeness (QED) is 0.789. The van der Waals surface area contributed by atoms with Crippen molar-refractivity contribution in [3.63, 3.8) is 0 Å². The van der Waals surface area contributed by atoms with Crippen LogP contribution in [0.2, 0.25) is 0 Å². The molecular formula is C21H22N2O. The normalized spacial score (nSPS) is 21.9. The lowest BCUT2D eigenvalue weighted by molar-refractivity contribution is 0.208. The van der Waals surface area contributed by atoms with Crippen LogP contribution in [0.15, 0.2) is 54.4 Å². The molecular weight excluding hydrogens is 296 g/mol. The Hall–Kier alpha value is -2.35. The maximum atomic E-state index is 11.6. The second-order valence-corrected chi connectivity index (χ2v) is 6.71. The molecule has 2 aromatic rings. The maximum Gasteiger partial charge on any atom is 0.148 e. The molecule has 1 fully saturated rings. The van der Waals surface area contributed by atoms with Gasteiger partial charge in [-0.05, 0) is 42.3 Å². The molecule has 2 aliphatic heterocycles. The van der Waals surface area contributed by atoms with Gasteiger partial charge in [-0.3, -0.25) is 4.90 Å². The third kappa shape index (κ3) is 2.47. The maximum absolute atomic E-state index is 11.6. The van der Waals surface area contributed by atoms with Gasteiger partial charge in [0.15, 0.2) is 0 Å². The molecule has 0 aromatic heterocycles. The van der Waals surface area contributed by atoms with E-state index in [9.17, 15) is 4.79 Å². The lowest BCUT2D eigenvalue weighted by atomic mass is 9.92. The second kappa shape index (κ2) is 6.27. The Morgan fingerprint density at radius 2 is 1.75 bits per heavy atom. The number of benzene rings is 2. The smallest absolute Gasteiger partial charge is 0.148 e. The Bertz CT molecular complexity index is 837. The zero-order valence-electron chi connectivity index (χ0n) is 14.0.